The molecule has 1 aliphatic carbocycles. The molecule has 0 aromatic carbocycles. The van der Waals surface area contributed by atoms with Crippen LogP contribution in [-0.2, 0) is 17.6 Å². The van der Waals surface area contributed by atoms with Crippen molar-refractivity contribution in [1.82, 2.24) is 4.98 Å². The van der Waals surface area contributed by atoms with E-state index in [9.17, 15) is 5.11 Å². The number of hydrogen-bond donors (Lipinski definition) is 1. The van der Waals surface area contributed by atoms with Crippen LogP contribution in [0.3, 0.4) is 0 Å². The number of nitrogens with zero attached hydrogens (tertiary/aromatic N) is 1. The van der Waals surface area contributed by atoms with Crippen LogP contribution in [-0.4, -0.2) is 28.9 Å². The average Bonchev–Trinajstić information content (AvgIpc) is 3.21. The molecule has 18 heavy (non-hydrogen) atoms. The zero-order valence-electron chi connectivity index (χ0n) is 11.3. The van der Waals surface area contributed by atoms with Crippen LogP contribution < -0.4 is 0 Å². The fourth-order valence-corrected chi connectivity index (χ4v) is 2.29. The molecule has 1 heterocycles. The van der Waals surface area contributed by atoms with Crippen molar-refractivity contribution in [3.05, 3.63) is 29.6 Å². The Labute approximate surface area is 109 Å². The summed E-state index contributed by atoms with van der Waals surface area (Å²) in [5.74, 6) is 0.551. The first-order valence-corrected chi connectivity index (χ1v) is 6.98. The molecule has 3 heteroatoms. The molecule has 0 amide bonds. The van der Waals surface area contributed by atoms with Gasteiger partial charge in [0, 0.05) is 24.9 Å². The fraction of sp³-hybridized carbons (Fsp3) is 0.667. The summed E-state index contributed by atoms with van der Waals surface area (Å²) in [5.41, 5.74) is 2.18. The van der Waals surface area contributed by atoms with E-state index in [1.165, 1.54) is 18.4 Å². The highest BCUT2D eigenvalue weighted by molar-refractivity contribution is 5.14. The van der Waals surface area contributed by atoms with Gasteiger partial charge >= 0.3 is 0 Å². The summed E-state index contributed by atoms with van der Waals surface area (Å²) < 4.78 is 5.67. The Morgan fingerprint density at radius 2 is 2.17 bits per heavy atom. The molecule has 2 rings (SSSR count). The van der Waals surface area contributed by atoms with Crippen molar-refractivity contribution in [3.8, 4) is 0 Å². The molecule has 3 nitrogen and oxygen atoms in total. The lowest BCUT2D eigenvalue weighted by molar-refractivity contribution is -0.0443. The largest absolute Gasteiger partial charge is 0.390 e. The van der Waals surface area contributed by atoms with Gasteiger partial charge in [0.2, 0.25) is 0 Å². The predicted molar refractivity (Wildman–Crippen MR) is 71.5 cm³/mol. The summed E-state index contributed by atoms with van der Waals surface area (Å²) in [4.78, 5) is 4.40. The highest BCUT2D eigenvalue weighted by Crippen LogP contribution is 2.36. The van der Waals surface area contributed by atoms with Gasteiger partial charge in [0.15, 0.2) is 0 Å². The first-order valence-electron chi connectivity index (χ1n) is 6.98. The smallest absolute Gasteiger partial charge is 0.0865 e. The number of rotatable bonds is 7. The van der Waals surface area contributed by atoms with Gasteiger partial charge in [-0.3, -0.25) is 4.98 Å². The Hall–Kier alpha value is -0.930. The number of ether oxygens (including phenoxy) is 1. The molecule has 1 aromatic rings. The lowest BCUT2D eigenvalue weighted by atomic mass is 10.0. The molecule has 2 unspecified atom stereocenters. The van der Waals surface area contributed by atoms with Gasteiger partial charge in [-0.05, 0) is 43.7 Å². The standard InChI is InChI=1S/C15H23NO2/c1-3-11-5-8-13(16-10-11)9-14(17)15(18-4-2)12-6-7-12/h5,8,10,12,14-15,17H,3-4,6-7,9H2,1-2H3. The van der Waals surface area contributed by atoms with E-state index in [4.69, 9.17) is 4.74 Å². The Bertz CT molecular complexity index is 359. The van der Waals surface area contributed by atoms with Gasteiger partial charge in [-0.25, -0.2) is 0 Å². The first-order chi connectivity index (χ1) is 8.74. The molecule has 2 atom stereocenters. The molecule has 1 saturated carbocycles. The van der Waals surface area contributed by atoms with E-state index in [0.29, 0.717) is 18.9 Å². The number of hydrogen-bond acceptors (Lipinski definition) is 3. The monoisotopic (exact) mass is 249 g/mol. The number of aliphatic hydroxyl groups is 1. The maximum atomic E-state index is 10.3. The Morgan fingerprint density at radius 3 is 2.67 bits per heavy atom. The van der Waals surface area contributed by atoms with Crippen LogP contribution in [0.5, 0.6) is 0 Å². The third-order valence-corrected chi connectivity index (χ3v) is 3.54. The molecule has 0 saturated heterocycles. The van der Waals surface area contributed by atoms with Crippen molar-refractivity contribution in [2.45, 2.75) is 51.7 Å². The van der Waals surface area contributed by atoms with Gasteiger partial charge in [0.05, 0.1) is 12.2 Å². The molecule has 1 N–H and O–H groups in total. The second kappa shape index (κ2) is 6.30. The van der Waals surface area contributed by atoms with Crippen LogP contribution >= 0.6 is 0 Å². The van der Waals surface area contributed by atoms with Crippen LogP contribution in [0.2, 0.25) is 0 Å². The molecule has 1 aliphatic rings. The van der Waals surface area contributed by atoms with Crippen LogP contribution in [0.4, 0.5) is 0 Å². The maximum Gasteiger partial charge on any atom is 0.0865 e. The van der Waals surface area contributed by atoms with E-state index in [0.717, 1.165) is 12.1 Å². The minimum Gasteiger partial charge on any atom is -0.390 e. The van der Waals surface area contributed by atoms with Crippen LogP contribution in [0.1, 0.15) is 37.9 Å². The van der Waals surface area contributed by atoms with Crippen LogP contribution in [0, 0.1) is 5.92 Å². The molecular formula is C15H23NO2. The second-order valence-corrected chi connectivity index (χ2v) is 5.04. The first kappa shape index (κ1) is 13.5. The van der Waals surface area contributed by atoms with Crippen LogP contribution in [0.25, 0.3) is 0 Å². The van der Waals surface area contributed by atoms with E-state index in [1.54, 1.807) is 0 Å². The van der Waals surface area contributed by atoms with Crippen molar-refractivity contribution in [3.63, 3.8) is 0 Å². The topological polar surface area (TPSA) is 42.4 Å². The lowest BCUT2D eigenvalue weighted by Gasteiger charge is -2.22. The molecule has 0 bridgehead atoms. The fourth-order valence-electron chi connectivity index (χ4n) is 2.29. The maximum absolute atomic E-state index is 10.3. The number of aliphatic hydroxyl groups excluding tert-OH is 1. The average molecular weight is 249 g/mol. The number of aryl methyl sites for hydroxylation is 1. The Balaban J connectivity index is 1.93. The normalized spacial score (nSPS) is 18.6. The third-order valence-electron chi connectivity index (χ3n) is 3.54. The van der Waals surface area contributed by atoms with Crippen molar-refractivity contribution >= 4 is 0 Å². The zero-order valence-corrected chi connectivity index (χ0v) is 11.3. The summed E-state index contributed by atoms with van der Waals surface area (Å²) >= 11 is 0. The highest BCUT2D eigenvalue weighted by Gasteiger charge is 2.36. The molecule has 0 aliphatic heterocycles. The number of aromatic nitrogens is 1. The summed E-state index contributed by atoms with van der Waals surface area (Å²) in [6.45, 7) is 4.76. The minimum absolute atomic E-state index is 0.0114. The van der Waals surface area contributed by atoms with Gasteiger partial charge in [-0.15, -0.1) is 0 Å². The molecule has 0 radical (unpaired) electrons. The van der Waals surface area contributed by atoms with E-state index >= 15 is 0 Å². The predicted octanol–water partition coefficient (Wildman–Crippen LogP) is 2.36. The van der Waals surface area contributed by atoms with E-state index in [1.807, 2.05) is 19.2 Å². The Morgan fingerprint density at radius 1 is 1.39 bits per heavy atom. The minimum atomic E-state index is -0.433. The SMILES string of the molecule is CCOC(C(O)Cc1ccc(CC)cn1)C1CC1. The summed E-state index contributed by atoms with van der Waals surface area (Å²) in [6.07, 6.45) is 5.41. The van der Waals surface area contributed by atoms with E-state index in [2.05, 4.69) is 18.0 Å². The second-order valence-electron chi connectivity index (χ2n) is 5.04. The van der Waals surface area contributed by atoms with E-state index < -0.39 is 6.10 Å². The van der Waals surface area contributed by atoms with Crippen LogP contribution in [0.15, 0.2) is 18.3 Å². The highest BCUT2D eigenvalue weighted by atomic mass is 16.5. The van der Waals surface area contributed by atoms with Gasteiger partial charge in [-0.2, -0.15) is 0 Å². The molecule has 0 spiro atoms. The summed E-state index contributed by atoms with van der Waals surface area (Å²) in [6, 6.07) is 4.10. The molecular weight excluding hydrogens is 226 g/mol. The zero-order chi connectivity index (χ0) is 13.0. The molecule has 1 aromatic heterocycles. The van der Waals surface area contributed by atoms with Crippen molar-refractivity contribution in [2.75, 3.05) is 6.61 Å². The quantitative estimate of drug-likeness (QED) is 0.806. The van der Waals surface area contributed by atoms with Gasteiger partial charge in [-0.1, -0.05) is 13.0 Å². The van der Waals surface area contributed by atoms with E-state index in [-0.39, 0.29) is 6.10 Å². The van der Waals surface area contributed by atoms with Gasteiger partial charge in [0.1, 0.15) is 0 Å². The van der Waals surface area contributed by atoms with Crippen molar-refractivity contribution in [2.24, 2.45) is 5.92 Å². The van der Waals surface area contributed by atoms with Crippen molar-refractivity contribution in [1.29, 1.82) is 0 Å². The molecule has 100 valence electrons. The number of pyridine rings is 1. The summed E-state index contributed by atoms with van der Waals surface area (Å²) in [7, 11) is 0. The van der Waals surface area contributed by atoms with Gasteiger partial charge < -0.3 is 9.84 Å². The van der Waals surface area contributed by atoms with Gasteiger partial charge in [0.25, 0.3) is 0 Å². The Kier molecular flexibility index (Phi) is 4.72. The molecule has 1 fully saturated rings. The lowest BCUT2D eigenvalue weighted by Crippen LogP contribution is -2.33. The third kappa shape index (κ3) is 3.53. The van der Waals surface area contributed by atoms with Crippen molar-refractivity contribution < 1.29 is 9.84 Å². The summed E-state index contributed by atoms with van der Waals surface area (Å²) in [5, 5.41) is 10.3.